The molecule has 1 aromatic rings. The summed E-state index contributed by atoms with van der Waals surface area (Å²) in [5.74, 6) is -5.92. The average Bonchev–Trinajstić information content (AvgIpc) is 2.77. The lowest BCUT2D eigenvalue weighted by Gasteiger charge is -2.59. The number of aliphatic hydroxyl groups is 3. The number of hydrogen-bond donors (Lipinski definition) is 6. The first-order chi connectivity index (χ1) is 17.9. The van der Waals surface area contributed by atoms with Crippen LogP contribution < -0.4 is 11.1 Å². The van der Waals surface area contributed by atoms with E-state index in [1.807, 2.05) is 0 Å². The number of anilines is 1. The van der Waals surface area contributed by atoms with Crippen molar-refractivity contribution in [1.82, 2.24) is 9.80 Å². The fraction of sp³-hybridized carbons (Fsp3) is 0.481. The Bertz CT molecular complexity index is 1400. The first kappa shape index (κ1) is 28.3. The summed E-state index contributed by atoms with van der Waals surface area (Å²) in [7, 11) is 6.49. The Hall–Kier alpha value is -3.74. The fourth-order valence-electron chi connectivity index (χ4n) is 6.89. The number of ketones is 2. The molecule has 0 unspecified atom stereocenters. The normalized spacial score (nSPS) is 30.3. The maximum absolute atomic E-state index is 14.2. The van der Waals surface area contributed by atoms with Crippen molar-refractivity contribution in [3.63, 3.8) is 0 Å². The Morgan fingerprint density at radius 3 is 2.26 bits per heavy atom. The number of amides is 2. The number of hydrogen-bond acceptors (Lipinski definition) is 10. The van der Waals surface area contributed by atoms with E-state index in [-0.39, 0.29) is 36.2 Å². The number of primary amides is 1. The Kier molecular flexibility index (Phi) is 6.45. The van der Waals surface area contributed by atoms with Gasteiger partial charge in [-0.25, -0.2) is 0 Å². The van der Waals surface area contributed by atoms with Crippen molar-refractivity contribution in [3.8, 4) is 5.75 Å². The van der Waals surface area contributed by atoms with Gasteiger partial charge in [-0.05, 0) is 52.7 Å². The van der Waals surface area contributed by atoms with E-state index in [2.05, 4.69) is 5.32 Å². The highest BCUT2D eigenvalue weighted by Crippen LogP contribution is 2.63. The molecule has 0 spiro atoms. The van der Waals surface area contributed by atoms with E-state index in [0.29, 0.717) is 5.56 Å². The number of rotatable bonds is 5. The minimum Gasteiger partial charge on any atom is -0.508 e. The van der Waals surface area contributed by atoms with Crippen LogP contribution in [0, 0.1) is 10.8 Å². The lowest BCUT2D eigenvalue weighted by atomic mass is 9.46. The van der Waals surface area contributed by atoms with E-state index in [1.54, 1.807) is 46.1 Å². The molecule has 0 bridgehead atoms. The molecular weight excluding hydrogens is 508 g/mol. The maximum Gasteiger partial charge on any atom is 0.255 e. The second-order valence-corrected chi connectivity index (χ2v) is 11.7. The number of aromatic hydroxyl groups is 1. The number of fused-ring (bicyclic) bond motifs is 3. The summed E-state index contributed by atoms with van der Waals surface area (Å²) in [6, 6.07) is 1.89. The molecule has 39 heavy (non-hydrogen) atoms. The highest BCUT2D eigenvalue weighted by Gasteiger charge is 2.72. The molecule has 4 rings (SSSR count). The van der Waals surface area contributed by atoms with E-state index in [9.17, 15) is 39.6 Å². The first-order valence-corrected chi connectivity index (χ1v) is 12.4. The van der Waals surface area contributed by atoms with Gasteiger partial charge in [0.2, 0.25) is 11.7 Å². The van der Waals surface area contributed by atoms with Crippen molar-refractivity contribution in [2.75, 3.05) is 40.1 Å². The Labute approximate surface area is 225 Å². The molecule has 0 aromatic heterocycles. The van der Waals surface area contributed by atoms with Gasteiger partial charge in [-0.1, -0.05) is 19.9 Å². The van der Waals surface area contributed by atoms with Gasteiger partial charge in [-0.2, -0.15) is 0 Å². The van der Waals surface area contributed by atoms with Gasteiger partial charge in [0.1, 0.15) is 22.8 Å². The number of likely N-dealkylation sites (N-methyl/N-ethyl adjacent to an activating group) is 2. The number of carbonyl (C=O) groups excluding carboxylic acids is 4. The number of carbonyl (C=O) groups is 4. The Balaban J connectivity index is 1.96. The maximum atomic E-state index is 14.2. The lowest BCUT2D eigenvalue weighted by molar-refractivity contribution is -0.176. The van der Waals surface area contributed by atoms with Crippen molar-refractivity contribution in [2.45, 2.75) is 38.3 Å². The van der Waals surface area contributed by atoms with E-state index in [0.717, 1.165) is 0 Å². The molecule has 3 aliphatic rings. The highest BCUT2D eigenvalue weighted by atomic mass is 16.3. The highest BCUT2D eigenvalue weighted by molar-refractivity contribution is 6.25. The lowest BCUT2D eigenvalue weighted by Crippen LogP contribution is -2.72. The molecule has 0 saturated heterocycles. The van der Waals surface area contributed by atoms with Crippen LogP contribution in [0.1, 0.15) is 31.4 Å². The minimum absolute atomic E-state index is 0.0119. The summed E-state index contributed by atoms with van der Waals surface area (Å²) in [5.41, 5.74) is -0.937. The Morgan fingerprint density at radius 2 is 1.72 bits per heavy atom. The van der Waals surface area contributed by atoms with E-state index < -0.39 is 68.7 Å². The predicted octanol–water partition coefficient (Wildman–Crippen LogP) is 0.244. The number of phenols is 1. The van der Waals surface area contributed by atoms with Crippen LogP contribution >= 0.6 is 0 Å². The van der Waals surface area contributed by atoms with Crippen LogP contribution in [-0.2, 0) is 25.6 Å². The van der Waals surface area contributed by atoms with Gasteiger partial charge in [0.05, 0.1) is 23.8 Å². The third kappa shape index (κ3) is 3.77. The second kappa shape index (κ2) is 8.90. The summed E-state index contributed by atoms with van der Waals surface area (Å²) in [5, 5.41) is 48.1. The monoisotopic (exact) mass is 542 g/mol. The molecule has 0 aliphatic heterocycles. The molecule has 0 radical (unpaired) electrons. The van der Waals surface area contributed by atoms with Crippen LogP contribution in [0.3, 0.4) is 0 Å². The number of nitrogens with two attached hydrogens (primary N) is 1. The molecule has 1 saturated carbocycles. The summed E-state index contributed by atoms with van der Waals surface area (Å²) in [6.07, 6.45) is 0.0635. The molecule has 3 aliphatic carbocycles. The number of benzene rings is 1. The largest absolute Gasteiger partial charge is 0.508 e. The van der Waals surface area contributed by atoms with Gasteiger partial charge < -0.3 is 36.4 Å². The molecule has 7 N–H and O–H groups in total. The Morgan fingerprint density at radius 1 is 1.10 bits per heavy atom. The van der Waals surface area contributed by atoms with E-state index >= 15 is 0 Å². The van der Waals surface area contributed by atoms with Gasteiger partial charge >= 0.3 is 0 Å². The molecule has 0 heterocycles. The summed E-state index contributed by atoms with van der Waals surface area (Å²) >= 11 is 0. The van der Waals surface area contributed by atoms with Crippen LogP contribution in [0.4, 0.5) is 5.69 Å². The van der Waals surface area contributed by atoms with Crippen LogP contribution in [0.25, 0.3) is 5.76 Å². The molecule has 1 fully saturated rings. The minimum atomic E-state index is -2.78. The standard InChI is InChI=1S/C27H34N4O8/c1-25-9-12-7-8-13(29-14(32)10-30(3)4)18(33)15(12)19(34)17(25)23(37)27(39)22(36)16(24(28)38)20(35)21(31(5)6)26(27,2)11-25/h7-8,21,33-34,36,39H,9-11H2,1-6H3,(H2,28,38)(H,29,32)/t21-,25+,26+,27-/m1/s1. The van der Waals surface area contributed by atoms with Gasteiger partial charge in [-0.3, -0.25) is 24.1 Å². The van der Waals surface area contributed by atoms with E-state index in [4.69, 9.17) is 5.73 Å². The SMILES string of the molecule is CN(C)CC(=O)Nc1ccc2c(c1O)C(O)=C1C(=O)[C@]3(O)C(O)=C(C(N)=O)C(=O)[C@@H](N(C)C)[C@]3(C)C[C@]1(C)C2. The third-order valence-corrected chi connectivity index (χ3v) is 8.24. The molecule has 12 heteroatoms. The first-order valence-electron chi connectivity index (χ1n) is 12.4. The molecule has 2 amide bonds. The zero-order valence-electron chi connectivity index (χ0n) is 22.7. The van der Waals surface area contributed by atoms with Crippen LogP contribution in [0.15, 0.2) is 29.0 Å². The molecule has 4 atom stereocenters. The van der Waals surface area contributed by atoms with Crippen molar-refractivity contribution >= 4 is 34.8 Å². The quantitative estimate of drug-likeness (QED) is 0.222. The van der Waals surface area contributed by atoms with Gasteiger partial charge in [0.25, 0.3) is 5.91 Å². The number of Topliss-reactive ketones (excluding diaryl/α,β-unsaturated/α-hetero) is 2. The summed E-state index contributed by atoms with van der Waals surface area (Å²) in [4.78, 5) is 55.1. The van der Waals surface area contributed by atoms with Gasteiger partial charge in [0, 0.05) is 16.4 Å². The molecule has 1 aromatic carbocycles. The third-order valence-electron chi connectivity index (χ3n) is 8.24. The van der Waals surface area contributed by atoms with Crippen LogP contribution in [0.5, 0.6) is 5.75 Å². The van der Waals surface area contributed by atoms with E-state index in [1.165, 1.54) is 17.9 Å². The van der Waals surface area contributed by atoms with Crippen molar-refractivity contribution in [1.29, 1.82) is 0 Å². The van der Waals surface area contributed by atoms with Gasteiger partial charge in [-0.15, -0.1) is 0 Å². The predicted molar refractivity (Wildman–Crippen MR) is 141 cm³/mol. The van der Waals surface area contributed by atoms with Crippen molar-refractivity contribution in [3.05, 3.63) is 40.2 Å². The number of aliphatic hydroxyl groups excluding tert-OH is 2. The van der Waals surface area contributed by atoms with Crippen LogP contribution in [0.2, 0.25) is 0 Å². The fourth-order valence-corrected chi connectivity index (χ4v) is 6.89. The number of phenolic OH excluding ortho intramolecular Hbond substituents is 1. The molecular formula is C27H34N4O8. The second-order valence-electron chi connectivity index (χ2n) is 11.7. The number of nitrogens with zero attached hydrogens (tertiary/aromatic N) is 2. The van der Waals surface area contributed by atoms with Crippen molar-refractivity contribution < 1.29 is 39.6 Å². The molecule has 210 valence electrons. The molecule has 12 nitrogen and oxygen atoms in total. The average molecular weight is 543 g/mol. The van der Waals surface area contributed by atoms with Crippen LogP contribution in [-0.4, -0.2) is 100.0 Å². The zero-order chi connectivity index (χ0) is 29.4. The zero-order valence-corrected chi connectivity index (χ0v) is 22.7. The topological polar surface area (TPSA) is 194 Å². The number of nitrogens with one attached hydrogen (secondary N) is 1. The smallest absolute Gasteiger partial charge is 0.255 e. The summed E-state index contributed by atoms with van der Waals surface area (Å²) < 4.78 is 0. The summed E-state index contributed by atoms with van der Waals surface area (Å²) in [6.45, 7) is 3.21. The van der Waals surface area contributed by atoms with Gasteiger partial charge in [0.15, 0.2) is 11.4 Å². The van der Waals surface area contributed by atoms with Crippen molar-refractivity contribution in [2.24, 2.45) is 16.6 Å².